The van der Waals surface area contributed by atoms with Crippen LogP contribution in [0.3, 0.4) is 0 Å². The normalized spacial score (nSPS) is 10.4. The zero-order valence-electron chi connectivity index (χ0n) is 11.3. The Morgan fingerprint density at radius 1 is 1.43 bits per heavy atom. The van der Waals surface area contributed by atoms with E-state index in [2.05, 4.69) is 5.10 Å². The standard InChI is InChI=1S/C13H14N4O4/c1-15(8-9-18)13(19)10-6-7-16(14-10)11-4-2-3-5-12(11)17(20)21/h2-7,18H,8-9H2,1H3. The van der Waals surface area contributed by atoms with Crippen LogP contribution in [0.1, 0.15) is 10.5 Å². The molecule has 110 valence electrons. The molecule has 0 radical (unpaired) electrons. The molecule has 0 atom stereocenters. The van der Waals surface area contributed by atoms with Crippen molar-refractivity contribution in [1.29, 1.82) is 0 Å². The van der Waals surface area contributed by atoms with Crippen LogP contribution in [0.25, 0.3) is 5.69 Å². The zero-order valence-corrected chi connectivity index (χ0v) is 11.3. The second kappa shape index (κ2) is 6.14. The maximum Gasteiger partial charge on any atom is 0.294 e. The van der Waals surface area contributed by atoms with Crippen molar-refractivity contribution in [3.05, 3.63) is 52.3 Å². The number of aliphatic hydroxyl groups is 1. The highest BCUT2D eigenvalue weighted by Gasteiger charge is 2.18. The maximum absolute atomic E-state index is 12.0. The highest BCUT2D eigenvalue weighted by molar-refractivity contribution is 5.92. The highest BCUT2D eigenvalue weighted by atomic mass is 16.6. The molecule has 2 rings (SSSR count). The van der Waals surface area contributed by atoms with Gasteiger partial charge in [0.2, 0.25) is 0 Å². The van der Waals surface area contributed by atoms with Crippen molar-refractivity contribution >= 4 is 11.6 Å². The summed E-state index contributed by atoms with van der Waals surface area (Å²) in [6.07, 6.45) is 1.49. The molecule has 0 aliphatic rings. The molecule has 1 aromatic carbocycles. The number of hydrogen-bond donors (Lipinski definition) is 1. The van der Waals surface area contributed by atoms with E-state index >= 15 is 0 Å². The first-order valence-corrected chi connectivity index (χ1v) is 6.20. The predicted octanol–water partition coefficient (Wildman–Crippen LogP) is 0.845. The largest absolute Gasteiger partial charge is 0.395 e. The van der Waals surface area contributed by atoms with Gasteiger partial charge in [-0.25, -0.2) is 4.68 Å². The Labute approximate surface area is 120 Å². The molecule has 0 fully saturated rings. The number of aromatic nitrogens is 2. The van der Waals surface area contributed by atoms with Gasteiger partial charge in [-0.05, 0) is 12.1 Å². The number of nitro benzene ring substituents is 1. The van der Waals surface area contributed by atoms with Gasteiger partial charge in [-0.3, -0.25) is 14.9 Å². The second-order valence-corrected chi connectivity index (χ2v) is 4.34. The van der Waals surface area contributed by atoms with Gasteiger partial charge in [-0.2, -0.15) is 5.10 Å². The van der Waals surface area contributed by atoms with Crippen molar-refractivity contribution in [2.45, 2.75) is 0 Å². The number of likely N-dealkylation sites (N-methyl/N-ethyl adjacent to an activating group) is 1. The molecular formula is C13H14N4O4. The summed E-state index contributed by atoms with van der Waals surface area (Å²) in [7, 11) is 1.54. The third-order valence-corrected chi connectivity index (χ3v) is 2.92. The molecular weight excluding hydrogens is 276 g/mol. The van der Waals surface area contributed by atoms with Crippen molar-refractivity contribution in [2.24, 2.45) is 0 Å². The predicted molar refractivity (Wildman–Crippen MR) is 74.3 cm³/mol. The Morgan fingerprint density at radius 3 is 2.81 bits per heavy atom. The fourth-order valence-corrected chi connectivity index (χ4v) is 1.83. The van der Waals surface area contributed by atoms with Crippen LogP contribution in [0.15, 0.2) is 36.5 Å². The van der Waals surface area contributed by atoms with Gasteiger partial charge in [0.25, 0.3) is 11.6 Å². The van der Waals surface area contributed by atoms with Gasteiger partial charge in [-0.1, -0.05) is 12.1 Å². The molecule has 0 aliphatic heterocycles. The molecule has 0 aliphatic carbocycles. The van der Waals surface area contributed by atoms with E-state index in [1.54, 1.807) is 25.2 Å². The zero-order chi connectivity index (χ0) is 15.4. The lowest BCUT2D eigenvalue weighted by Crippen LogP contribution is -2.29. The molecule has 0 saturated heterocycles. The average Bonchev–Trinajstić information content (AvgIpc) is 2.96. The lowest BCUT2D eigenvalue weighted by molar-refractivity contribution is -0.384. The number of nitro groups is 1. The molecule has 0 spiro atoms. The summed E-state index contributed by atoms with van der Waals surface area (Å²) in [6, 6.07) is 7.62. The van der Waals surface area contributed by atoms with Crippen LogP contribution in [0, 0.1) is 10.1 Å². The number of nitrogens with zero attached hydrogens (tertiary/aromatic N) is 4. The molecule has 2 aromatic rings. The Morgan fingerprint density at radius 2 is 2.14 bits per heavy atom. The van der Waals surface area contributed by atoms with Gasteiger partial charge in [0.05, 0.1) is 11.5 Å². The van der Waals surface area contributed by atoms with Crippen molar-refractivity contribution in [2.75, 3.05) is 20.2 Å². The number of hydrogen-bond acceptors (Lipinski definition) is 5. The molecule has 0 unspecified atom stereocenters. The van der Waals surface area contributed by atoms with E-state index in [0.717, 1.165) is 0 Å². The van der Waals surface area contributed by atoms with E-state index in [4.69, 9.17) is 5.11 Å². The minimum absolute atomic E-state index is 0.0942. The second-order valence-electron chi connectivity index (χ2n) is 4.34. The number of rotatable bonds is 5. The van der Waals surface area contributed by atoms with Crippen LogP contribution in [0.2, 0.25) is 0 Å². The summed E-state index contributed by atoms with van der Waals surface area (Å²) in [6.45, 7) is 0.0459. The third-order valence-electron chi connectivity index (χ3n) is 2.92. The lowest BCUT2D eigenvalue weighted by atomic mass is 10.3. The molecule has 1 N–H and O–H groups in total. The van der Waals surface area contributed by atoms with Gasteiger partial charge >= 0.3 is 0 Å². The van der Waals surface area contributed by atoms with Crippen LogP contribution in [0.5, 0.6) is 0 Å². The SMILES string of the molecule is CN(CCO)C(=O)c1ccn(-c2ccccc2[N+](=O)[O-])n1. The topological polar surface area (TPSA) is 102 Å². The van der Waals surface area contributed by atoms with Crippen molar-refractivity contribution in [1.82, 2.24) is 14.7 Å². The molecule has 1 aromatic heterocycles. The number of para-hydroxylation sites is 2. The van der Waals surface area contributed by atoms with E-state index in [1.165, 1.54) is 27.9 Å². The molecule has 0 saturated carbocycles. The number of amides is 1. The molecule has 1 heterocycles. The quantitative estimate of drug-likeness (QED) is 0.649. The van der Waals surface area contributed by atoms with Gasteiger partial charge in [0, 0.05) is 25.9 Å². The van der Waals surface area contributed by atoms with Gasteiger partial charge in [0.15, 0.2) is 5.69 Å². The van der Waals surface area contributed by atoms with Gasteiger partial charge in [-0.15, -0.1) is 0 Å². The minimum atomic E-state index is -0.504. The Kier molecular flexibility index (Phi) is 4.29. The van der Waals surface area contributed by atoms with Crippen LogP contribution in [-0.2, 0) is 0 Å². The summed E-state index contributed by atoms with van der Waals surface area (Å²) in [5, 5.41) is 23.9. The Bertz CT molecular complexity index is 668. The minimum Gasteiger partial charge on any atom is -0.395 e. The van der Waals surface area contributed by atoms with E-state index < -0.39 is 4.92 Å². The fourth-order valence-electron chi connectivity index (χ4n) is 1.83. The van der Waals surface area contributed by atoms with E-state index in [1.807, 2.05) is 0 Å². The van der Waals surface area contributed by atoms with Crippen LogP contribution < -0.4 is 0 Å². The lowest BCUT2D eigenvalue weighted by Gasteiger charge is -2.13. The Balaban J connectivity index is 2.33. The number of carbonyl (C=O) groups is 1. The van der Waals surface area contributed by atoms with Crippen LogP contribution in [0.4, 0.5) is 5.69 Å². The monoisotopic (exact) mass is 290 g/mol. The van der Waals surface area contributed by atoms with Crippen LogP contribution in [-0.4, -0.2) is 50.8 Å². The van der Waals surface area contributed by atoms with Crippen molar-refractivity contribution < 1.29 is 14.8 Å². The summed E-state index contributed by atoms with van der Waals surface area (Å²) < 4.78 is 1.29. The maximum atomic E-state index is 12.0. The molecule has 21 heavy (non-hydrogen) atoms. The van der Waals surface area contributed by atoms with Crippen LogP contribution >= 0.6 is 0 Å². The summed E-state index contributed by atoms with van der Waals surface area (Å²) >= 11 is 0. The fraction of sp³-hybridized carbons (Fsp3) is 0.231. The first kappa shape index (κ1) is 14.7. The molecule has 1 amide bonds. The number of aliphatic hydroxyl groups excluding tert-OH is 1. The molecule has 8 heteroatoms. The third kappa shape index (κ3) is 3.06. The summed E-state index contributed by atoms with van der Waals surface area (Å²) in [5.74, 6) is -0.360. The first-order valence-electron chi connectivity index (χ1n) is 6.20. The molecule has 0 bridgehead atoms. The van der Waals surface area contributed by atoms with Gasteiger partial charge in [0.1, 0.15) is 5.69 Å². The Hall–Kier alpha value is -2.74. The summed E-state index contributed by atoms with van der Waals surface area (Å²) in [4.78, 5) is 23.8. The average molecular weight is 290 g/mol. The summed E-state index contributed by atoms with van der Waals surface area (Å²) in [5.41, 5.74) is 0.346. The number of benzene rings is 1. The van der Waals surface area contributed by atoms with Crippen molar-refractivity contribution in [3.63, 3.8) is 0 Å². The molecule has 8 nitrogen and oxygen atoms in total. The van der Waals surface area contributed by atoms with E-state index in [-0.39, 0.29) is 36.1 Å². The number of carbonyl (C=O) groups excluding carboxylic acids is 1. The van der Waals surface area contributed by atoms with Gasteiger partial charge < -0.3 is 10.0 Å². The smallest absolute Gasteiger partial charge is 0.294 e. The highest BCUT2D eigenvalue weighted by Crippen LogP contribution is 2.21. The van der Waals surface area contributed by atoms with E-state index in [0.29, 0.717) is 0 Å². The van der Waals surface area contributed by atoms with E-state index in [9.17, 15) is 14.9 Å². The first-order chi connectivity index (χ1) is 10.0. The van der Waals surface area contributed by atoms with Crippen molar-refractivity contribution in [3.8, 4) is 5.69 Å².